The average Bonchev–Trinajstić information content (AvgIpc) is 2.43. The van der Waals surface area contributed by atoms with Crippen LogP contribution in [0.4, 0.5) is 4.79 Å². The first-order chi connectivity index (χ1) is 9.54. The van der Waals surface area contributed by atoms with Gasteiger partial charge in [0.2, 0.25) is 0 Å². The quantitative estimate of drug-likeness (QED) is 0.714. The van der Waals surface area contributed by atoms with E-state index in [4.69, 9.17) is 9.84 Å². The molecule has 0 aliphatic heterocycles. The van der Waals surface area contributed by atoms with Gasteiger partial charge < -0.3 is 20.5 Å². The van der Waals surface area contributed by atoms with Crippen LogP contribution in [0.15, 0.2) is 24.3 Å². The van der Waals surface area contributed by atoms with E-state index < -0.39 is 0 Å². The zero-order valence-corrected chi connectivity index (χ0v) is 12.3. The van der Waals surface area contributed by atoms with Gasteiger partial charge in [0.1, 0.15) is 12.4 Å². The lowest BCUT2D eigenvalue weighted by Crippen LogP contribution is -2.42. The fraction of sp³-hybridized carbons (Fsp3) is 0.533. The summed E-state index contributed by atoms with van der Waals surface area (Å²) in [6, 6.07) is 7.38. The van der Waals surface area contributed by atoms with E-state index in [0.29, 0.717) is 18.2 Å². The fourth-order valence-corrected chi connectivity index (χ4v) is 1.55. The van der Waals surface area contributed by atoms with Crippen LogP contribution >= 0.6 is 0 Å². The predicted octanol–water partition coefficient (Wildman–Crippen LogP) is 1.90. The number of urea groups is 1. The number of carbonyl (C=O) groups is 1. The van der Waals surface area contributed by atoms with Crippen LogP contribution in [0.25, 0.3) is 0 Å². The molecule has 1 unspecified atom stereocenters. The molecule has 0 aromatic heterocycles. The Hall–Kier alpha value is -1.75. The van der Waals surface area contributed by atoms with Crippen molar-refractivity contribution in [3.05, 3.63) is 29.8 Å². The maximum atomic E-state index is 11.8. The smallest absolute Gasteiger partial charge is 0.315 e. The second kappa shape index (κ2) is 8.43. The van der Waals surface area contributed by atoms with Gasteiger partial charge in [-0.3, -0.25) is 0 Å². The number of ether oxygens (including phenoxy) is 1. The van der Waals surface area contributed by atoms with E-state index in [0.717, 1.165) is 5.56 Å². The van der Waals surface area contributed by atoms with Crippen molar-refractivity contribution in [3.8, 4) is 5.75 Å². The third-order valence-electron chi connectivity index (χ3n) is 3.12. The topological polar surface area (TPSA) is 70.6 Å². The molecule has 1 aromatic carbocycles. The molecular weight excluding hydrogens is 256 g/mol. The average molecular weight is 280 g/mol. The lowest BCUT2D eigenvalue weighted by molar-refractivity contribution is 0.200. The highest BCUT2D eigenvalue weighted by atomic mass is 16.5. The van der Waals surface area contributed by atoms with Gasteiger partial charge in [-0.1, -0.05) is 32.0 Å². The Bertz CT molecular complexity index is 421. The molecule has 2 amide bonds. The fourth-order valence-electron chi connectivity index (χ4n) is 1.55. The van der Waals surface area contributed by atoms with Crippen LogP contribution in [0.3, 0.4) is 0 Å². The SMILES string of the molecule is CC(C)C(C)NC(=O)NCc1ccccc1OCCO. The molecule has 0 aliphatic carbocycles. The molecule has 3 N–H and O–H groups in total. The van der Waals surface area contributed by atoms with Crippen LogP contribution < -0.4 is 15.4 Å². The van der Waals surface area contributed by atoms with Crippen molar-refractivity contribution in [2.75, 3.05) is 13.2 Å². The minimum absolute atomic E-state index is 0.0336. The van der Waals surface area contributed by atoms with Crippen LogP contribution in [-0.4, -0.2) is 30.4 Å². The van der Waals surface area contributed by atoms with E-state index in [1.54, 1.807) is 0 Å². The first-order valence-electron chi connectivity index (χ1n) is 6.90. The lowest BCUT2D eigenvalue weighted by Gasteiger charge is -2.18. The van der Waals surface area contributed by atoms with Crippen LogP contribution in [0.1, 0.15) is 26.3 Å². The molecule has 0 fully saturated rings. The number of carbonyl (C=O) groups excluding carboxylic acids is 1. The van der Waals surface area contributed by atoms with Gasteiger partial charge in [-0.05, 0) is 18.9 Å². The van der Waals surface area contributed by atoms with Gasteiger partial charge in [-0.15, -0.1) is 0 Å². The molecular formula is C15H24N2O3. The summed E-state index contributed by atoms with van der Waals surface area (Å²) in [5.41, 5.74) is 0.883. The summed E-state index contributed by atoms with van der Waals surface area (Å²) in [7, 11) is 0. The van der Waals surface area contributed by atoms with Crippen molar-refractivity contribution >= 4 is 6.03 Å². The zero-order valence-electron chi connectivity index (χ0n) is 12.3. The van der Waals surface area contributed by atoms with E-state index in [-0.39, 0.29) is 25.3 Å². The highest BCUT2D eigenvalue weighted by Gasteiger charge is 2.11. The van der Waals surface area contributed by atoms with E-state index in [9.17, 15) is 4.79 Å². The van der Waals surface area contributed by atoms with Crippen molar-refractivity contribution in [1.29, 1.82) is 0 Å². The zero-order chi connectivity index (χ0) is 15.0. The van der Waals surface area contributed by atoms with Crippen LogP contribution in [-0.2, 0) is 6.54 Å². The molecule has 1 atom stereocenters. The van der Waals surface area contributed by atoms with E-state index in [2.05, 4.69) is 24.5 Å². The second-order valence-corrected chi connectivity index (χ2v) is 5.04. The monoisotopic (exact) mass is 280 g/mol. The second-order valence-electron chi connectivity index (χ2n) is 5.04. The Morgan fingerprint density at radius 3 is 2.65 bits per heavy atom. The standard InChI is InChI=1S/C15H24N2O3/c1-11(2)12(3)17-15(19)16-10-13-6-4-5-7-14(13)20-9-8-18/h4-7,11-12,18H,8-10H2,1-3H3,(H2,16,17,19). The molecule has 1 rings (SSSR count). The number of nitrogens with one attached hydrogen (secondary N) is 2. The van der Waals surface area contributed by atoms with Crippen LogP contribution in [0.5, 0.6) is 5.75 Å². The summed E-state index contributed by atoms with van der Waals surface area (Å²) in [6.07, 6.45) is 0. The summed E-state index contributed by atoms with van der Waals surface area (Å²) >= 11 is 0. The van der Waals surface area contributed by atoms with Gasteiger partial charge in [0.25, 0.3) is 0 Å². The molecule has 0 heterocycles. The molecule has 112 valence electrons. The number of aliphatic hydroxyl groups excluding tert-OH is 1. The van der Waals surface area contributed by atoms with E-state index in [1.165, 1.54) is 0 Å². The lowest BCUT2D eigenvalue weighted by atomic mass is 10.1. The van der Waals surface area contributed by atoms with Gasteiger partial charge in [0.15, 0.2) is 0 Å². The minimum atomic E-state index is -0.192. The molecule has 5 heteroatoms. The number of para-hydroxylation sites is 1. The minimum Gasteiger partial charge on any atom is -0.491 e. The Morgan fingerprint density at radius 2 is 2.00 bits per heavy atom. The summed E-state index contributed by atoms with van der Waals surface area (Å²) in [4.78, 5) is 11.8. The third-order valence-corrected chi connectivity index (χ3v) is 3.12. The molecule has 0 saturated carbocycles. The molecule has 5 nitrogen and oxygen atoms in total. The maximum absolute atomic E-state index is 11.8. The number of hydrogen-bond acceptors (Lipinski definition) is 3. The Labute approximate surface area is 120 Å². The number of aliphatic hydroxyl groups is 1. The van der Waals surface area contributed by atoms with Gasteiger partial charge >= 0.3 is 6.03 Å². The Kier molecular flexibility index (Phi) is 6.87. The maximum Gasteiger partial charge on any atom is 0.315 e. The number of amides is 2. The van der Waals surface area contributed by atoms with Crippen LogP contribution in [0, 0.1) is 5.92 Å². The van der Waals surface area contributed by atoms with Crippen molar-refractivity contribution in [2.24, 2.45) is 5.92 Å². The highest BCUT2D eigenvalue weighted by Crippen LogP contribution is 2.17. The molecule has 0 radical (unpaired) electrons. The first-order valence-corrected chi connectivity index (χ1v) is 6.90. The predicted molar refractivity (Wildman–Crippen MR) is 78.7 cm³/mol. The van der Waals surface area contributed by atoms with E-state index in [1.807, 2.05) is 31.2 Å². The Balaban J connectivity index is 2.50. The van der Waals surface area contributed by atoms with Gasteiger partial charge in [0, 0.05) is 18.2 Å². The largest absolute Gasteiger partial charge is 0.491 e. The molecule has 0 saturated heterocycles. The Morgan fingerprint density at radius 1 is 1.30 bits per heavy atom. The summed E-state index contributed by atoms with van der Waals surface area (Å²) in [6.45, 7) is 6.69. The summed E-state index contributed by atoms with van der Waals surface area (Å²) < 4.78 is 5.42. The number of benzene rings is 1. The molecule has 0 bridgehead atoms. The van der Waals surface area contributed by atoms with E-state index >= 15 is 0 Å². The summed E-state index contributed by atoms with van der Waals surface area (Å²) in [5, 5.41) is 14.5. The number of rotatable bonds is 7. The summed E-state index contributed by atoms with van der Waals surface area (Å²) in [5.74, 6) is 1.07. The molecule has 0 spiro atoms. The normalized spacial score (nSPS) is 12.1. The van der Waals surface area contributed by atoms with Crippen molar-refractivity contribution in [2.45, 2.75) is 33.4 Å². The first kappa shape index (κ1) is 16.3. The molecule has 20 heavy (non-hydrogen) atoms. The third kappa shape index (κ3) is 5.48. The van der Waals surface area contributed by atoms with Crippen molar-refractivity contribution in [1.82, 2.24) is 10.6 Å². The van der Waals surface area contributed by atoms with Gasteiger partial charge in [0.05, 0.1) is 6.61 Å². The molecule has 1 aromatic rings. The highest BCUT2D eigenvalue weighted by molar-refractivity contribution is 5.74. The molecule has 0 aliphatic rings. The van der Waals surface area contributed by atoms with Crippen molar-refractivity contribution < 1.29 is 14.6 Å². The van der Waals surface area contributed by atoms with Gasteiger partial charge in [-0.2, -0.15) is 0 Å². The van der Waals surface area contributed by atoms with Gasteiger partial charge in [-0.25, -0.2) is 4.79 Å². The van der Waals surface area contributed by atoms with Crippen molar-refractivity contribution in [3.63, 3.8) is 0 Å². The van der Waals surface area contributed by atoms with Crippen LogP contribution in [0.2, 0.25) is 0 Å². The number of hydrogen-bond donors (Lipinski definition) is 3.